The highest BCUT2D eigenvalue weighted by Gasteiger charge is 2.61. The van der Waals surface area contributed by atoms with Crippen molar-refractivity contribution in [2.45, 2.75) is 56.8 Å². The van der Waals surface area contributed by atoms with Crippen molar-refractivity contribution in [1.29, 1.82) is 0 Å². The quantitative estimate of drug-likeness (QED) is 0.180. The van der Waals surface area contributed by atoms with E-state index in [-0.39, 0.29) is 10.8 Å². The fourth-order valence-corrected chi connectivity index (χ4v) is 13.5. The van der Waals surface area contributed by atoms with E-state index in [1.807, 2.05) is 11.3 Å². The summed E-state index contributed by atoms with van der Waals surface area (Å²) in [4.78, 5) is 2.55. The van der Waals surface area contributed by atoms with Gasteiger partial charge in [-0.25, -0.2) is 0 Å². The predicted octanol–water partition coefficient (Wildman–Crippen LogP) is 13.6. The van der Waals surface area contributed by atoms with Gasteiger partial charge in [-0.3, -0.25) is 0 Å². The molecule has 0 amide bonds. The van der Waals surface area contributed by atoms with Gasteiger partial charge >= 0.3 is 0 Å². The Bertz CT molecular complexity index is 2570. The summed E-state index contributed by atoms with van der Waals surface area (Å²) in [6.07, 6.45) is 7.14. The first-order valence-corrected chi connectivity index (χ1v) is 20.0. The minimum atomic E-state index is -0.0656. The van der Waals surface area contributed by atoms with Crippen LogP contribution in [0.3, 0.4) is 0 Å². The van der Waals surface area contributed by atoms with Crippen molar-refractivity contribution < 1.29 is 0 Å². The third kappa shape index (κ3) is 3.72. The highest BCUT2D eigenvalue weighted by atomic mass is 32.1. The van der Waals surface area contributed by atoms with E-state index < -0.39 is 0 Å². The van der Waals surface area contributed by atoms with E-state index in [4.69, 9.17) is 0 Å². The molecule has 2 heteroatoms. The molecule has 0 radical (unpaired) electrons. The summed E-state index contributed by atoms with van der Waals surface area (Å²) in [5, 5.41) is 2.68. The first-order chi connectivity index (χ1) is 25.0. The number of rotatable bonds is 3. The maximum absolute atomic E-state index is 2.58. The number of anilines is 3. The molecular formula is C49H41NS. The molecule has 4 bridgehead atoms. The molecule has 0 saturated heterocycles. The molecule has 1 nitrogen and oxygen atoms in total. The van der Waals surface area contributed by atoms with Gasteiger partial charge in [0.25, 0.3) is 0 Å². The summed E-state index contributed by atoms with van der Waals surface area (Å²) < 4.78 is 2.69. The Morgan fingerprint density at radius 2 is 1.04 bits per heavy atom. The van der Waals surface area contributed by atoms with Gasteiger partial charge in [-0.05, 0) is 149 Å². The lowest BCUT2D eigenvalue weighted by molar-refractivity contribution is -0.0399. The van der Waals surface area contributed by atoms with Gasteiger partial charge < -0.3 is 4.90 Å². The molecule has 1 heterocycles. The van der Waals surface area contributed by atoms with E-state index in [1.54, 1.807) is 11.1 Å². The average Bonchev–Trinajstić information content (AvgIpc) is 3.74. The SMILES string of the molecule is CC1(C)c2ccccc2-c2ccc(N(c3ccc4c(c3)-c3ccccc3C43C4CC5CC(C4)CC3C5)c3ccc4sc5ccccc5c4c3)cc21. The summed E-state index contributed by atoms with van der Waals surface area (Å²) in [7, 11) is 0. The molecule has 248 valence electrons. The van der Waals surface area contributed by atoms with E-state index in [1.165, 1.54) is 103 Å². The lowest BCUT2D eigenvalue weighted by atomic mass is 9.43. The summed E-state index contributed by atoms with van der Waals surface area (Å²) >= 11 is 1.90. The Hall–Kier alpha value is -4.66. The van der Waals surface area contributed by atoms with Crippen molar-refractivity contribution in [3.05, 3.63) is 150 Å². The van der Waals surface area contributed by atoms with Crippen LogP contribution in [0.25, 0.3) is 42.4 Å². The molecule has 6 aliphatic rings. The molecule has 1 spiro atoms. The number of thiophene rings is 1. The Kier molecular flexibility index (Phi) is 5.69. The molecule has 51 heavy (non-hydrogen) atoms. The van der Waals surface area contributed by atoms with Crippen LogP contribution in [0.15, 0.2) is 127 Å². The highest BCUT2D eigenvalue weighted by molar-refractivity contribution is 7.25. The summed E-state index contributed by atoms with van der Waals surface area (Å²) in [5.41, 5.74) is 15.6. The van der Waals surface area contributed by atoms with Gasteiger partial charge in [0.1, 0.15) is 0 Å². The first-order valence-electron chi connectivity index (χ1n) is 19.2. The fourth-order valence-electron chi connectivity index (χ4n) is 12.4. The second-order valence-electron chi connectivity index (χ2n) is 17.0. The normalized spacial score (nSPS) is 25.7. The zero-order valence-corrected chi connectivity index (χ0v) is 30.1. The molecule has 6 aliphatic carbocycles. The lowest BCUT2D eigenvalue weighted by Gasteiger charge is -2.61. The van der Waals surface area contributed by atoms with Crippen LogP contribution < -0.4 is 4.90 Å². The molecule has 13 rings (SSSR count). The van der Waals surface area contributed by atoms with Crippen molar-refractivity contribution in [2.24, 2.45) is 23.7 Å². The van der Waals surface area contributed by atoms with Crippen molar-refractivity contribution in [1.82, 2.24) is 0 Å². The zero-order valence-electron chi connectivity index (χ0n) is 29.3. The maximum atomic E-state index is 2.58. The standard InChI is InChI=1S/C49H41NS/c1-48(2)42-12-6-3-9-36(42)38-18-15-35(28-45(38)48)50(34-17-20-47-41(27-34)39-11-5-8-14-46(39)51-47)33-16-19-44-40(26-33)37-10-4-7-13-43(37)49(44)31-22-29-21-30(24-31)25-32(49)23-29/h3-20,26-32H,21-25H2,1-2H3. The van der Waals surface area contributed by atoms with Crippen LogP contribution in [0.2, 0.25) is 0 Å². The highest BCUT2D eigenvalue weighted by Crippen LogP contribution is 2.69. The van der Waals surface area contributed by atoms with Gasteiger partial charge in [0.2, 0.25) is 0 Å². The predicted molar refractivity (Wildman–Crippen MR) is 215 cm³/mol. The third-order valence-corrected chi connectivity index (χ3v) is 15.4. The van der Waals surface area contributed by atoms with Crippen LogP contribution in [0.1, 0.15) is 68.2 Å². The molecule has 0 unspecified atom stereocenters. The molecule has 0 aliphatic heterocycles. The maximum Gasteiger partial charge on any atom is 0.0468 e. The summed E-state index contributed by atoms with van der Waals surface area (Å²) in [6, 6.07) is 49.4. The van der Waals surface area contributed by atoms with E-state index in [2.05, 4.69) is 146 Å². The molecule has 4 fully saturated rings. The topological polar surface area (TPSA) is 3.24 Å². The molecular weight excluding hydrogens is 635 g/mol. The molecule has 0 atom stereocenters. The van der Waals surface area contributed by atoms with E-state index >= 15 is 0 Å². The first kappa shape index (κ1) is 29.0. The Morgan fingerprint density at radius 3 is 1.84 bits per heavy atom. The van der Waals surface area contributed by atoms with Gasteiger partial charge in [-0.2, -0.15) is 0 Å². The van der Waals surface area contributed by atoms with E-state index in [0.717, 1.165) is 23.7 Å². The zero-order chi connectivity index (χ0) is 33.6. The monoisotopic (exact) mass is 675 g/mol. The van der Waals surface area contributed by atoms with Gasteiger partial charge in [0.05, 0.1) is 0 Å². The van der Waals surface area contributed by atoms with E-state index in [9.17, 15) is 0 Å². The number of hydrogen-bond acceptors (Lipinski definition) is 2. The Labute approximate surface area is 304 Å². The van der Waals surface area contributed by atoms with E-state index in [0.29, 0.717) is 0 Å². The van der Waals surface area contributed by atoms with Crippen molar-refractivity contribution >= 4 is 48.6 Å². The molecule has 0 N–H and O–H groups in total. The van der Waals surface area contributed by atoms with Crippen LogP contribution >= 0.6 is 11.3 Å². The average molecular weight is 676 g/mol. The second kappa shape index (κ2) is 10.0. The van der Waals surface area contributed by atoms with Crippen molar-refractivity contribution in [3.8, 4) is 22.3 Å². The van der Waals surface area contributed by atoms with Crippen LogP contribution in [0.4, 0.5) is 17.1 Å². The molecule has 7 aromatic rings. The number of fused-ring (bicyclic) bond motifs is 9. The third-order valence-electron chi connectivity index (χ3n) is 14.2. The smallest absolute Gasteiger partial charge is 0.0468 e. The minimum absolute atomic E-state index is 0.0656. The van der Waals surface area contributed by atoms with Gasteiger partial charge in [-0.1, -0.05) is 92.7 Å². The van der Waals surface area contributed by atoms with Crippen LogP contribution in [0.5, 0.6) is 0 Å². The van der Waals surface area contributed by atoms with Crippen LogP contribution in [-0.2, 0) is 10.8 Å². The second-order valence-corrected chi connectivity index (χ2v) is 18.0. The fraction of sp³-hybridized carbons (Fsp3) is 0.265. The summed E-state index contributed by atoms with van der Waals surface area (Å²) in [5.74, 6) is 3.44. The van der Waals surface area contributed by atoms with Crippen molar-refractivity contribution in [2.75, 3.05) is 4.90 Å². The Balaban J connectivity index is 1.08. The molecule has 6 aromatic carbocycles. The lowest BCUT2D eigenvalue weighted by Crippen LogP contribution is -2.55. The number of nitrogens with zero attached hydrogens (tertiary/aromatic N) is 1. The minimum Gasteiger partial charge on any atom is -0.310 e. The van der Waals surface area contributed by atoms with Gasteiger partial charge in [-0.15, -0.1) is 11.3 Å². The van der Waals surface area contributed by atoms with Crippen LogP contribution in [0, 0.1) is 23.7 Å². The summed E-state index contributed by atoms with van der Waals surface area (Å²) in [6.45, 7) is 4.79. The van der Waals surface area contributed by atoms with Crippen LogP contribution in [-0.4, -0.2) is 0 Å². The largest absolute Gasteiger partial charge is 0.310 e. The number of benzene rings is 6. The molecule has 1 aromatic heterocycles. The van der Waals surface area contributed by atoms with Crippen molar-refractivity contribution in [3.63, 3.8) is 0 Å². The van der Waals surface area contributed by atoms with Gasteiger partial charge in [0.15, 0.2) is 0 Å². The molecule has 4 saturated carbocycles. The number of hydrogen-bond donors (Lipinski definition) is 0. The Morgan fingerprint density at radius 1 is 0.471 bits per heavy atom. The van der Waals surface area contributed by atoms with Gasteiger partial charge in [0, 0.05) is 48.1 Å².